The molecule has 0 saturated carbocycles. The molecule has 0 aliphatic heterocycles. The second-order valence-corrected chi connectivity index (χ2v) is 4.29. The van der Waals surface area contributed by atoms with Gasteiger partial charge in [0.2, 0.25) is 0 Å². The van der Waals surface area contributed by atoms with Crippen molar-refractivity contribution in [1.82, 2.24) is 5.32 Å². The van der Waals surface area contributed by atoms with Crippen molar-refractivity contribution >= 4 is 27.3 Å². The average Bonchev–Trinajstić information content (AvgIpc) is 2.34. The van der Waals surface area contributed by atoms with E-state index in [1.54, 1.807) is 5.38 Å². The van der Waals surface area contributed by atoms with Gasteiger partial charge in [-0.1, -0.05) is 0 Å². The Labute approximate surface area is 86.1 Å². The molecule has 0 radical (unpaired) electrons. The molecule has 0 amide bonds. The van der Waals surface area contributed by atoms with E-state index < -0.39 is 12.2 Å². The van der Waals surface area contributed by atoms with Crippen molar-refractivity contribution in [3.05, 3.63) is 20.8 Å². The number of thiophene rings is 1. The number of rotatable bonds is 2. The minimum atomic E-state index is -4.24. The summed E-state index contributed by atoms with van der Waals surface area (Å²) in [5.41, 5.74) is 0. The SMILES string of the molecule is CNC(c1cc(Br)cs1)C(F)(F)F. The van der Waals surface area contributed by atoms with Gasteiger partial charge in [-0.25, -0.2) is 0 Å². The van der Waals surface area contributed by atoms with E-state index in [1.807, 2.05) is 0 Å². The molecule has 0 saturated heterocycles. The molecular formula is C7H7BrF3NS. The molecule has 74 valence electrons. The quantitative estimate of drug-likeness (QED) is 0.872. The third-order valence-corrected chi connectivity index (χ3v) is 3.25. The van der Waals surface area contributed by atoms with Crippen LogP contribution in [0.4, 0.5) is 13.2 Å². The van der Waals surface area contributed by atoms with E-state index in [-0.39, 0.29) is 4.88 Å². The molecule has 0 aromatic carbocycles. The lowest BCUT2D eigenvalue weighted by Gasteiger charge is -2.17. The molecule has 0 spiro atoms. The number of alkyl halides is 3. The van der Waals surface area contributed by atoms with E-state index in [0.717, 1.165) is 11.3 Å². The molecule has 1 aromatic rings. The number of nitrogens with one attached hydrogen (secondary N) is 1. The van der Waals surface area contributed by atoms with Gasteiger partial charge in [-0.2, -0.15) is 13.2 Å². The van der Waals surface area contributed by atoms with Gasteiger partial charge in [0, 0.05) is 14.7 Å². The Morgan fingerprint density at radius 3 is 2.46 bits per heavy atom. The minimum Gasteiger partial charge on any atom is -0.305 e. The van der Waals surface area contributed by atoms with Crippen LogP contribution in [0.1, 0.15) is 10.9 Å². The molecule has 1 N–H and O–H groups in total. The predicted octanol–water partition coefficient (Wildman–Crippen LogP) is 3.33. The number of hydrogen-bond donors (Lipinski definition) is 1. The van der Waals surface area contributed by atoms with Gasteiger partial charge in [0.15, 0.2) is 0 Å². The first-order chi connectivity index (χ1) is 5.95. The van der Waals surface area contributed by atoms with Crippen molar-refractivity contribution in [2.24, 2.45) is 0 Å². The van der Waals surface area contributed by atoms with Crippen LogP contribution < -0.4 is 5.32 Å². The zero-order valence-electron chi connectivity index (χ0n) is 6.65. The molecule has 0 aliphatic rings. The van der Waals surface area contributed by atoms with Crippen molar-refractivity contribution in [2.45, 2.75) is 12.2 Å². The third kappa shape index (κ3) is 2.69. The van der Waals surface area contributed by atoms with Gasteiger partial charge in [-0.3, -0.25) is 0 Å². The minimum absolute atomic E-state index is 0.266. The Hall–Kier alpha value is -0.0700. The first-order valence-electron chi connectivity index (χ1n) is 3.43. The highest BCUT2D eigenvalue weighted by atomic mass is 79.9. The van der Waals surface area contributed by atoms with Crippen molar-refractivity contribution in [3.8, 4) is 0 Å². The summed E-state index contributed by atoms with van der Waals surface area (Å²) in [5.74, 6) is 0. The van der Waals surface area contributed by atoms with Crippen LogP contribution in [0.2, 0.25) is 0 Å². The van der Waals surface area contributed by atoms with E-state index in [9.17, 15) is 13.2 Å². The lowest BCUT2D eigenvalue weighted by atomic mass is 10.2. The molecular weight excluding hydrogens is 267 g/mol. The number of halogens is 4. The molecule has 0 aliphatic carbocycles. The molecule has 6 heteroatoms. The first kappa shape index (κ1) is 11.0. The highest BCUT2D eigenvalue weighted by Crippen LogP contribution is 2.36. The maximum atomic E-state index is 12.3. The van der Waals surface area contributed by atoms with Crippen molar-refractivity contribution in [1.29, 1.82) is 0 Å². The van der Waals surface area contributed by atoms with Crippen LogP contribution >= 0.6 is 27.3 Å². The molecule has 1 aromatic heterocycles. The van der Waals surface area contributed by atoms with Crippen LogP contribution in [0.3, 0.4) is 0 Å². The Kier molecular flexibility index (Phi) is 3.37. The lowest BCUT2D eigenvalue weighted by molar-refractivity contribution is -0.155. The van der Waals surface area contributed by atoms with Crippen molar-refractivity contribution < 1.29 is 13.2 Å². The fourth-order valence-corrected chi connectivity index (χ4v) is 2.52. The van der Waals surface area contributed by atoms with Crippen LogP contribution in [0.25, 0.3) is 0 Å². The van der Waals surface area contributed by atoms with E-state index in [4.69, 9.17) is 0 Å². The molecule has 0 fully saturated rings. The Morgan fingerprint density at radius 2 is 2.15 bits per heavy atom. The van der Waals surface area contributed by atoms with E-state index in [0.29, 0.717) is 4.47 Å². The topological polar surface area (TPSA) is 12.0 Å². The molecule has 1 heterocycles. The normalized spacial score (nSPS) is 14.5. The van der Waals surface area contributed by atoms with Crippen LogP contribution in [0.5, 0.6) is 0 Å². The monoisotopic (exact) mass is 273 g/mol. The molecule has 1 atom stereocenters. The van der Waals surface area contributed by atoms with Crippen LogP contribution in [-0.4, -0.2) is 13.2 Å². The standard InChI is InChI=1S/C7H7BrF3NS/c1-12-6(7(9,10)11)5-2-4(8)3-13-5/h2-3,6,12H,1H3. The Morgan fingerprint density at radius 1 is 1.54 bits per heavy atom. The molecule has 1 rings (SSSR count). The maximum absolute atomic E-state index is 12.3. The zero-order valence-corrected chi connectivity index (χ0v) is 9.05. The van der Waals surface area contributed by atoms with Gasteiger partial charge in [0.1, 0.15) is 6.04 Å². The highest BCUT2D eigenvalue weighted by molar-refractivity contribution is 9.10. The van der Waals surface area contributed by atoms with Crippen LogP contribution in [0.15, 0.2) is 15.9 Å². The predicted molar refractivity (Wildman–Crippen MR) is 49.9 cm³/mol. The van der Waals surface area contributed by atoms with E-state index in [1.165, 1.54) is 13.1 Å². The highest BCUT2D eigenvalue weighted by Gasteiger charge is 2.40. The molecule has 1 unspecified atom stereocenters. The van der Waals surface area contributed by atoms with E-state index in [2.05, 4.69) is 21.2 Å². The Bertz CT molecular complexity index is 284. The summed E-state index contributed by atoms with van der Waals surface area (Å²) in [6, 6.07) is -0.0944. The van der Waals surface area contributed by atoms with Crippen molar-refractivity contribution in [2.75, 3.05) is 7.05 Å². The fourth-order valence-electron chi connectivity index (χ4n) is 0.947. The molecule has 13 heavy (non-hydrogen) atoms. The summed E-state index contributed by atoms with van der Waals surface area (Å²) in [4.78, 5) is 0.266. The second kappa shape index (κ2) is 3.98. The van der Waals surface area contributed by atoms with Gasteiger partial charge in [-0.05, 0) is 29.0 Å². The van der Waals surface area contributed by atoms with Gasteiger partial charge in [-0.15, -0.1) is 11.3 Å². The van der Waals surface area contributed by atoms with Gasteiger partial charge in [0.05, 0.1) is 0 Å². The van der Waals surface area contributed by atoms with Gasteiger partial charge < -0.3 is 5.32 Å². The van der Waals surface area contributed by atoms with Crippen LogP contribution in [0, 0.1) is 0 Å². The lowest BCUT2D eigenvalue weighted by Crippen LogP contribution is -2.30. The summed E-state index contributed by atoms with van der Waals surface area (Å²) in [6.07, 6.45) is -4.24. The molecule has 0 bridgehead atoms. The average molecular weight is 274 g/mol. The second-order valence-electron chi connectivity index (χ2n) is 2.43. The largest absolute Gasteiger partial charge is 0.408 e. The number of hydrogen-bond acceptors (Lipinski definition) is 2. The summed E-state index contributed by atoms with van der Waals surface area (Å²) in [7, 11) is 1.30. The molecule has 1 nitrogen and oxygen atoms in total. The summed E-state index contributed by atoms with van der Waals surface area (Å²) in [5, 5.41) is 3.87. The van der Waals surface area contributed by atoms with Gasteiger partial charge in [0.25, 0.3) is 0 Å². The Balaban J connectivity index is 2.91. The summed E-state index contributed by atoms with van der Waals surface area (Å²) >= 11 is 4.19. The van der Waals surface area contributed by atoms with Gasteiger partial charge >= 0.3 is 6.18 Å². The summed E-state index contributed by atoms with van der Waals surface area (Å²) < 4.78 is 37.7. The van der Waals surface area contributed by atoms with Crippen molar-refractivity contribution in [3.63, 3.8) is 0 Å². The maximum Gasteiger partial charge on any atom is 0.408 e. The first-order valence-corrected chi connectivity index (χ1v) is 5.10. The van der Waals surface area contributed by atoms with E-state index >= 15 is 0 Å². The fraction of sp³-hybridized carbons (Fsp3) is 0.429. The smallest absolute Gasteiger partial charge is 0.305 e. The van der Waals surface area contributed by atoms with Crippen LogP contribution in [-0.2, 0) is 0 Å². The summed E-state index contributed by atoms with van der Waals surface area (Å²) in [6.45, 7) is 0. The zero-order chi connectivity index (χ0) is 10.1. The third-order valence-electron chi connectivity index (χ3n) is 1.49.